The van der Waals surface area contributed by atoms with Crippen LogP contribution in [0.3, 0.4) is 0 Å². The third kappa shape index (κ3) is 2.07. The third-order valence-electron chi connectivity index (χ3n) is 2.30. The minimum Gasteiger partial charge on any atom is -0.295 e. The van der Waals surface area contributed by atoms with E-state index >= 15 is 0 Å². The summed E-state index contributed by atoms with van der Waals surface area (Å²) in [6, 6.07) is 0. The fourth-order valence-corrected chi connectivity index (χ4v) is 1.72. The average Bonchev–Trinajstić information content (AvgIpc) is 2.05. The van der Waals surface area contributed by atoms with E-state index < -0.39 is 0 Å². The summed E-state index contributed by atoms with van der Waals surface area (Å²) in [6.07, 6.45) is 8.57. The molecule has 1 nitrogen and oxygen atoms in total. The van der Waals surface area contributed by atoms with Gasteiger partial charge < -0.3 is 0 Å². The molecule has 0 heterocycles. The molecule has 0 atom stereocenters. The van der Waals surface area contributed by atoms with Crippen molar-refractivity contribution in [2.24, 2.45) is 0 Å². The lowest BCUT2D eigenvalue weighted by atomic mass is 9.89. The van der Waals surface area contributed by atoms with Gasteiger partial charge >= 0.3 is 0 Å². The molecule has 0 radical (unpaired) electrons. The van der Waals surface area contributed by atoms with E-state index in [-0.39, 0.29) is 5.78 Å². The number of carbonyl (C=O) groups is 1. The Kier molecular flexibility index (Phi) is 3.27. The van der Waals surface area contributed by atoms with E-state index in [0.29, 0.717) is 0 Å². The number of ketones is 1. The fourth-order valence-electron chi connectivity index (χ4n) is 1.72. The molecule has 1 heteroatoms. The van der Waals surface area contributed by atoms with E-state index in [9.17, 15) is 4.79 Å². The molecular formula is C11H16O. The summed E-state index contributed by atoms with van der Waals surface area (Å²) in [5, 5.41) is 0. The summed E-state index contributed by atoms with van der Waals surface area (Å²) in [6.45, 7) is 3.67. The van der Waals surface area contributed by atoms with Gasteiger partial charge in [-0.3, -0.25) is 4.79 Å². The summed E-state index contributed by atoms with van der Waals surface area (Å²) in [5.74, 6) is 0.253. The van der Waals surface area contributed by atoms with Gasteiger partial charge in [0.25, 0.3) is 0 Å². The molecular weight excluding hydrogens is 148 g/mol. The summed E-state index contributed by atoms with van der Waals surface area (Å²) < 4.78 is 0. The highest BCUT2D eigenvalue weighted by atomic mass is 16.1. The third-order valence-corrected chi connectivity index (χ3v) is 2.30. The molecule has 0 amide bonds. The lowest BCUT2D eigenvalue weighted by molar-refractivity contribution is -0.113. The van der Waals surface area contributed by atoms with Crippen LogP contribution in [0.2, 0.25) is 0 Å². The van der Waals surface area contributed by atoms with Gasteiger partial charge in [-0.15, -0.1) is 0 Å². The average molecular weight is 164 g/mol. The molecule has 0 fully saturated rings. The smallest absolute Gasteiger partial charge is 0.156 e. The van der Waals surface area contributed by atoms with E-state index in [4.69, 9.17) is 0 Å². The van der Waals surface area contributed by atoms with Crippen molar-refractivity contribution in [1.29, 1.82) is 0 Å². The molecule has 1 rings (SSSR count). The largest absolute Gasteiger partial charge is 0.295 e. The van der Waals surface area contributed by atoms with Crippen LogP contribution in [-0.4, -0.2) is 5.78 Å². The first-order valence-corrected chi connectivity index (χ1v) is 4.61. The summed E-state index contributed by atoms with van der Waals surface area (Å²) in [4.78, 5) is 11.2. The van der Waals surface area contributed by atoms with Crippen molar-refractivity contribution in [3.8, 4) is 0 Å². The standard InChI is InChI=1S/C11H16O/c1-3-6-10-7-4-5-8-11(10)9(2)12/h3,6H,4-5,7-8H2,1-2H3/b6-3-. The zero-order valence-corrected chi connectivity index (χ0v) is 7.89. The minimum absolute atomic E-state index is 0.253. The lowest BCUT2D eigenvalue weighted by Gasteiger charge is -2.15. The van der Waals surface area contributed by atoms with Gasteiger partial charge in [0.2, 0.25) is 0 Å². The zero-order valence-electron chi connectivity index (χ0n) is 7.89. The number of carbonyl (C=O) groups excluding carboxylic acids is 1. The van der Waals surface area contributed by atoms with Crippen LogP contribution in [-0.2, 0) is 4.79 Å². The molecule has 0 saturated carbocycles. The van der Waals surface area contributed by atoms with Gasteiger partial charge in [-0.25, -0.2) is 0 Å². The van der Waals surface area contributed by atoms with Gasteiger partial charge in [0.05, 0.1) is 0 Å². The van der Waals surface area contributed by atoms with E-state index in [2.05, 4.69) is 6.08 Å². The Labute approximate surface area is 74.2 Å². The Balaban J connectivity index is 2.90. The summed E-state index contributed by atoms with van der Waals surface area (Å²) in [7, 11) is 0. The number of rotatable bonds is 2. The van der Waals surface area contributed by atoms with Crippen LogP contribution in [0.1, 0.15) is 39.5 Å². The minimum atomic E-state index is 0.253. The topological polar surface area (TPSA) is 17.1 Å². The number of hydrogen-bond donors (Lipinski definition) is 0. The molecule has 0 aromatic carbocycles. The maximum atomic E-state index is 11.2. The second kappa shape index (κ2) is 4.24. The second-order valence-corrected chi connectivity index (χ2v) is 3.27. The van der Waals surface area contributed by atoms with Gasteiger partial charge in [0.15, 0.2) is 5.78 Å². The van der Waals surface area contributed by atoms with Crippen LogP contribution in [0.15, 0.2) is 23.3 Å². The predicted octanol–water partition coefficient (Wildman–Crippen LogP) is 3.02. The number of Topliss-reactive ketones (excluding diaryl/α,β-unsaturated/α-hetero) is 1. The van der Waals surface area contributed by atoms with Crippen LogP contribution in [0, 0.1) is 0 Å². The first-order valence-electron chi connectivity index (χ1n) is 4.61. The highest BCUT2D eigenvalue weighted by Crippen LogP contribution is 2.25. The molecule has 66 valence electrons. The van der Waals surface area contributed by atoms with Crippen LogP contribution in [0.25, 0.3) is 0 Å². The molecule has 0 aliphatic heterocycles. The van der Waals surface area contributed by atoms with Crippen molar-refractivity contribution in [3.05, 3.63) is 23.3 Å². The van der Waals surface area contributed by atoms with Crippen LogP contribution < -0.4 is 0 Å². The number of hydrogen-bond acceptors (Lipinski definition) is 1. The van der Waals surface area contributed by atoms with Gasteiger partial charge in [-0.2, -0.15) is 0 Å². The monoisotopic (exact) mass is 164 g/mol. The number of allylic oxidation sites excluding steroid dienone is 4. The van der Waals surface area contributed by atoms with Crippen molar-refractivity contribution < 1.29 is 4.79 Å². The molecule has 0 aromatic rings. The predicted molar refractivity (Wildman–Crippen MR) is 51.0 cm³/mol. The lowest BCUT2D eigenvalue weighted by Crippen LogP contribution is -2.05. The molecule has 0 N–H and O–H groups in total. The van der Waals surface area contributed by atoms with Gasteiger partial charge in [-0.1, -0.05) is 12.2 Å². The van der Waals surface area contributed by atoms with E-state index in [1.807, 2.05) is 13.0 Å². The quantitative estimate of drug-likeness (QED) is 0.613. The van der Waals surface area contributed by atoms with Crippen molar-refractivity contribution in [2.75, 3.05) is 0 Å². The van der Waals surface area contributed by atoms with E-state index in [0.717, 1.165) is 18.4 Å². The molecule has 1 aliphatic carbocycles. The molecule has 0 spiro atoms. The zero-order chi connectivity index (χ0) is 8.97. The SMILES string of the molecule is C/C=C\C1=C(C(C)=O)CCCC1. The second-order valence-electron chi connectivity index (χ2n) is 3.27. The Morgan fingerprint density at radius 1 is 1.33 bits per heavy atom. The Morgan fingerprint density at radius 2 is 2.00 bits per heavy atom. The first kappa shape index (κ1) is 9.24. The Bertz CT molecular complexity index is 233. The summed E-state index contributed by atoms with van der Waals surface area (Å²) in [5.41, 5.74) is 2.32. The molecule has 12 heavy (non-hydrogen) atoms. The van der Waals surface area contributed by atoms with Crippen LogP contribution >= 0.6 is 0 Å². The van der Waals surface area contributed by atoms with E-state index in [1.165, 1.54) is 18.4 Å². The highest BCUT2D eigenvalue weighted by molar-refractivity contribution is 5.94. The van der Waals surface area contributed by atoms with Crippen molar-refractivity contribution in [2.45, 2.75) is 39.5 Å². The molecule has 0 unspecified atom stereocenters. The first-order chi connectivity index (χ1) is 5.75. The highest BCUT2D eigenvalue weighted by Gasteiger charge is 2.13. The maximum Gasteiger partial charge on any atom is 0.156 e. The van der Waals surface area contributed by atoms with Crippen LogP contribution in [0.4, 0.5) is 0 Å². The van der Waals surface area contributed by atoms with Crippen LogP contribution in [0.5, 0.6) is 0 Å². The van der Waals surface area contributed by atoms with Crippen molar-refractivity contribution in [1.82, 2.24) is 0 Å². The maximum absolute atomic E-state index is 11.2. The molecule has 0 aromatic heterocycles. The normalized spacial score (nSPS) is 18.8. The van der Waals surface area contributed by atoms with Gasteiger partial charge in [0, 0.05) is 0 Å². The van der Waals surface area contributed by atoms with Gasteiger partial charge in [0.1, 0.15) is 0 Å². The summed E-state index contributed by atoms with van der Waals surface area (Å²) >= 11 is 0. The van der Waals surface area contributed by atoms with Gasteiger partial charge in [-0.05, 0) is 50.7 Å². The van der Waals surface area contributed by atoms with Crippen molar-refractivity contribution >= 4 is 5.78 Å². The van der Waals surface area contributed by atoms with Crippen molar-refractivity contribution in [3.63, 3.8) is 0 Å². The Hall–Kier alpha value is -0.850. The fraction of sp³-hybridized carbons (Fsp3) is 0.545. The molecule has 0 bridgehead atoms. The molecule has 1 aliphatic rings. The van der Waals surface area contributed by atoms with E-state index in [1.54, 1.807) is 6.92 Å². The Morgan fingerprint density at radius 3 is 2.58 bits per heavy atom. The molecule has 0 saturated heterocycles.